The highest BCUT2D eigenvalue weighted by atomic mass is 79.9. The Morgan fingerprint density at radius 1 is 1.42 bits per heavy atom. The second-order valence-corrected chi connectivity index (χ2v) is 3.97. The molecule has 0 spiro atoms. The highest BCUT2D eigenvalue weighted by Gasteiger charge is 2.19. The Morgan fingerprint density at radius 2 is 2.08 bits per heavy atom. The van der Waals surface area contributed by atoms with Crippen LogP contribution in [0.4, 0.5) is 0 Å². The molecule has 0 aliphatic carbocycles. The van der Waals surface area contributed by atoms with E-state index in [1.165, 1.54) is 11.3 Å². The van der Waals surface area contributed by atoms with Gasteiger partial charge in [0.1, 0.15) is 12.2 Å². The summed E-state index contributed by atoms with van der Waals surface area (Å²) in [6.45, 7) is -0.441. The maximum absolute atomic E-state index is 9.43. The average Bonchev–Trinajstić information content (AvgIpc) is 2.48. The van der Waals surface area contributed by atoms with Crippen LogP contribution >= 0.6 is 27.3 Å². The molecule has 68 valence electrons. The first-order chi connectivity index (χ1) is 5.66. The van der Waals surface area contributed by atoms with Gasteiger partial charge in [-0.05, 0) is 21.3 Å². The van der Waals surface area contributed by atoms with Crippen LogP contribution in [0.25, 0.3) is 0 Å². The summed E-state index contributed by atoms with van der Waals surface area (Å²) in [5.74, 6) is 0. The van der Waals surface area contributed by atoms with Gasteiger partial charge in [0.25, 0.3) is 0 Å². The molecule has 1 aromatic heterocycles. The molecule has 0 aliphatic rings. The van der Waals surface area contributed by atoms with Crippen molar-refractivity contribution in [1.82, 2.24) is 0 Å². The summed E-state index contributed by atoms with van der Waals surface area (Å²) in [6.07, 6.45) is -2.13. The van der Waals surface area contributed by atoms with Crippen LogP contribution < -0.4 is 0 Å². The molecule has 0 radical (unpaired) electrons. The molecule has 0 saturated carbocycles. The number of aliphatic hydroxyl groups is 3. The zero-order chi connectivity index (χ0) is 9.14. The smallest absolute Gasteiger partial charge is 0.109 e. The molecule has 2 atom stereocenters. The monoisotopic (exact) mass is 252 g/mol. The number of hydrogen-bond donors (Lipinski definition) is 3. The third kappa shape index (κ3) is 2.05. The molecule has 0 aromatic carbocycles. The van der Waals surface area contributed by atoms with E-state index in [2.05, 4.69) is 15.9 Å². The van der Waals surface area contributed by atoms with E-state index in [-0.39, 0.29) is 0 Å². The highest BCUT2D eigenvalue weighted by Crippen LogP contribution is 2.28. The normalized spacial score (nSPS) is 16.0. The number of halogens is 1. The van der Waals surface area contributed by atoms with Crippen molar-refractivity contribution in [1.29, 1.82) is 0 Å². The van der Waals surface area contributed by atoms with Crippen LogP contribution in [0.3, 0.4) is 0 Å². The van der Waals surface area contributed by atoms with Gasteiger partial charge in [-0.15, -0.1) is 0 Å². The van der Waals surface area contributed by atoms with Crippen LogP contribution in [0.5, 0.6) is 0 Å². The molecule has 2 unspecified atom stereocenters. The molecular formula is C7H9BrO3S. The van der Waals surface area contributed by atoms with Gasteiger partial charge in [-0.2, -0.15) is 11.3 Å². The SMILES string of the molecule is OCC(O)C(O)c1cscc1Br. The third-order valence-electron chi connectivity index (χ3n) is 1.51. The minimum absolute atomic E-state index is 0.441. The van der Waals surface area contributed by atoms with E-state index >= 15 is 0 Å². The van der Waals surface area contributed by atoms with Crippen LogP contribution in [-0.4, -0.2) is 28.0 Å². The minimum atomic E-state index is -1.11. The van der Waals surface area contributed by atoms with Gasteiger partial charge in [-0.25, -0.2) is 0 Å². The lowest BCUT2D eigenvalue weighted by atomic mass is 10.1. The first-order valence-corrected chi connectivity index (χ1v) is 5.09. The van der Waals surface area contributed by atoms with Crippen molar-refractivity contribution in [3.05, 3.63) is 20.8 Å². The largest absolute Gasteiger partial charge is 0.394 e. The molecule has 0 bridgehead atoms. The zero-order valence-electron chi connectivity index (χ0n) is 6.14. The number of rotatable bonds is 3. The first-order valence-electron chi connectivity index (χ1n) is 3.35. The lowest BCUT2D eigenvalue weighted by Crippen LogP contribution is -2.21. The molecular weight excluding hydrogens is 244 g/mol. The van der Waals surface area contributed by atoms with E-state index in [0.29, 0.717) is 5.56 Å². The Morgan fingerprint density at radius 3 is 2.50 bits per heavy atom. The summed E-state index contributed by atoms with van der Waals surface area (Å²) in [7, 11) is 0. The molecule has 0 fully saturated rings. The van der Waals surface area contributed by atoms with Gasteiger partial charge in [-0.1, -0.05) is 0 Å². The standard InChI is InChI=1S/C7H9BrO3S/c8-5-3-12-2-4(5)7(11)6(10)1-9/h2-3,6-7,9-11H,1H2. The quantitative estimate of drug-likeness (QED) is 0.750. The Balaban J connectivity index is 2.77. The van der Waals surface area contributed by atoms with Crippen molar-refractivity contribution < 1.29 is 15.3 Å². The molecule has 0 amide bonds. The van der Waals surface area contributed by atoms with E-state index in [9.17, 15) is 5.11 Å². The number of aliphatic hydroxyl groups excluding tert-OH is 3. The molecule has 1 aromatic rings. The van der Waals surface area contributed by atoms with Gasteiger partial charge in [0.15, 0.2) is 0 Å². The topological polar surface area (TPSA) is 60.7 Å². The van der Waals surface area contributed by atoms with Gasteiger partial charge >= 0.3 is 0 Å². The molecule has 5 heteroatoms. The van der Waals surface area contributed by atoms with Crippen molar-refractivity contribution in [3.8, 4) is 0 Å². The predicted molar refractivity (Wildman–Crippen MR) is 50.1 cm³/mol. The summed E-state index contributed by atoms with van der Waals surface area (Å²) in [6, 6.07) is 0. The Kier molecular flexibility index (Phi) is 3.67. The summed E-state index contributed by atoms with van der Waals surface area (Å²) >= 11 is 4.64. The third-order valence-corrected chi connectivity index (χ3v) is 3.26. The van der Waals surface area contributed by atoms with Gasteiger partial charge in [-0.3, -0.25) is 0 Å². The van der Waals surface area contributed by atoms with Crippen molar-refractivity contribution >= 4 is 27.3 Å². The number of thiophene rings is 1. The highest BCUT2D eigenvalue weighted by molar-refractivity contribution is 9.10. The summed E-state index contributed by atoms with van der Waals surface area (Å²) in [5, 5.41) is 30.6. The van der Waals surface area contributed by atoms with Crippen LogP contribution in [-0.2, 0) is 0 Å². The summed E-state index contributed by atoms with van der Waals surface area (Å²) in [4.78, 5) is 0. The predicted octanol–water partition coefficient (Wildman–Crippen LogP) is 0.897. The van der Waals surface area contributed by atoms with Gasteiger partial charge in [0.05, 0.1) is 6.61 Å². The van der Waals surface area contributed by atoms with Crippen molar-refractivity contribution in [2.75, 3.05) is 6.61 Å². The fourth-order valence-corrected chi connectivity index (χ4v) is 2.37. The lowest BCUT2D eigenvalue weighted by molar-refractivity contribution is -0.0153. The van der Waals surface area contributed by atoms with E-state index in [1.807, 2.05) is 5.38 Å². The van der Waals surface area contributed by atoms with Crippen molar-refractivity contribution in [2.24, 2.45) is 0 Å². The van der Waals surface area contributed by atoms with E-state index < -0.39 is 18.8 Å². The van der Waals surface area contributed by atoms with E-state index in [1.54, 1.807) is 5.38 Å². The fourth-order valence-electron chi connectivity index (χ4n) is 0.809. The van der Waals surface area contributed by atoms with Crippen molar-refractivity contribution in [3.63, 3.8) is 0 Å². The average molecular weight is 253 g/mol. The van der Waals surface area contributed by atoms with Gasteiger partial charge < -0.3 is 15.3 Å². The molecule has 3 N–H and O–H groups in total. The van der Waals surface area contributed by atoms with Crippen LogP contribution in [0.1, 0.15) is 11.7 Å². The van der Waals surface area contributed by atoms with Crippen LogP contribution in [0.2, 0.25) is 0 Å². The van der Waals surface area contributed by atoms with E-state index in [4.69, 9.17) is 10.2 Å². The van der Waals surface area contributed by atoms with Crippen LogP contribution in [0.15, 0.2) is 15.2 Å². The Labute approximate surface area is 82.4 Å². The number of hydrogen-bond acceptors (Lipinski definition) is 4. The van der Waals surface area contributed by atoms with Gasteiger partial charge in [0, 0.05) is 15.4 Å². The van der Waals surface area contributed by atoms with E-state index in [0.717, 1.165) is 4.47 Å². The first kappa shape index (κ1) is 10.1. The summed E-state index contributed by atoms with van der Waals surface area (Å²) in [5.41, 5.74) is 0.613. The molecule has 1 rings (SSSR count). The van der Waals surface area contributed by atoms with Gasteiger partial charge in [0.2, 0.25) is 0 Å². The molecule has 0 saturated heterocycles. The van der Waals surface area contributed by atoms with Crippen LogP contribution in [0, 0.1) is 0 Å². The summed E-state index contributed by atoms with van der Waals surface area (Å²) < 4.78 is 0.757. The second kappa shape index (κ2) is 4.34. The maximum Gasteiger partial charge on any atom is 0.109 e. The minimum Gasteiger partial charge on any atom is -0.394 e. The molecule has 1 heterocycles. The maximum atomic E-state index is 9.43. The molecule has 0 aliphatic heterocycles. The van der Waals surface area contributed by atoms with Crippen molar-refractivity contribution in [2.45, 2.75) is 12.2 Å². The zero-order valence-corrected chi connectivity index (χ0v) is 8.55. The molecule has 3 nitrogen and oxygen atoms in total. The Hall–Kier alpha value is 0.0600. The lowest BCUT2D eigenvalue weighted by Gasteiger charge is -2.14. The molecule has 12 heavy (non-hydrogen) atoms. The fraction of sp³-hybridized carbons (Fsp3) is 0.429. The second-order valence-electron chi connectivity index (χ2n) is 2.37. The Bertz CT molecular complexity index is 251.